The van der Waals surface area contributed by atoms with Crippen molar-refractivity contribution in [2.45, 2.75) is 6.10 Å². The number of carbonyl (C=O) groups is 1. The molecule has 5 nitrogen and oxygen atoms in total. The Hall–Kier alpha value is -1.82. The van der Waals surface area contributed by atoms with Crippen molar-refractivity contribution in [1.29, 1.82) is 0 Å². The summed E-state index contributed by atoms with van der Waals surface area (Å²) in [5.74, 6) is 1.11. The molecule has 1 N–H and O–H groups in total. The van der Waals surface area contributed by atoms with Crippen molar-refractivity contribution in [3.63, 3.8) is 0 Å². The smallest absolute Gasteiger partial charge is 0.274 e. The molecule has 1 atom stereocenters. The van der Waals surface area contributed by atoms with Crippen LogP contribution in [0.3, 0.4) is 0 Å². The van der Waals surface area contributed by atoms with Gasteiger partial charge in [-0.25, -0.2) is 4.98 Å². The monoisotopic (exact) mass is 294 g/mol. The standard InChI is InChI=1S/C11H7BrN2O3/c12-6-4-8-10(13-5-6)14-11(15)9(17-8)7-2-1-3-16-7/h1-5,9H,(H,13,14,15). The Morgan fingerprint density at radius 3 is 3.12 bits per heavy atom. The van der Waals surface area contributed by atoms with E-state index in [1.165, 1.54) is 6.26 Å². The third kappa shape index (κ3) is 1.80. The first-order chi connectivity index (χ1) is 8.24. The number of rotatable bonds is 1. The highest BCUT2D eigenvalue weighted by Gasteiger charge is 2.31. The van der Waals surface area contributed by atoms with E-state index in [1.807, 2.05) is 0 Å². The minimum atomic E-state index is -0.770. The Bertz CT molecular complexity index is 568. The van der Waals surface area contributed by atoms with Gasteiger partial charge in [0, 0.05) is 10.7 Å². The Labute approximate surface area is 105 Å². The molecule has 3 heterocycles. The Kier molecular flexibility index (Phi) is 2.36. The van der Waals surface area contributed by atoms with Crippen molar-refractivity contribution in [3.05, 3.63) is 40.9 Å². The number of fused-ring (bicyclic) bond motifs is 1. The summed E-state index contributed by atoms with van der Waals surface area (Å²) in [7, 11) is 0. The maximum Gasteiger partial charge on any atom is 0.274 e. The third-order valence-electron chi connectivity index (χ3n) is 2.35. The molecule has 0 saturated carbocycles. The summed E-state index contributed by atoms with van der Waals surface area (Å²) in [6.45, 7) is 0. The predicted octanol–water partition coefficient (Wildman–Crippen LogP) is 2.51. The topological polar surface area (TPSA) is 64.4 Å². The molecule has 86 valence electrons. The number of carbonyl (C=O) groups excluding carboxylic acids is 1. The fraction of sp³-hybridized carbons (Fsp3) is 0.0909. The van der Waals surface area contributed by atoms with E-state index < -0.39 is 6.10 Å². The zero-order chi connectivity index (χ0) is 11.8. The molecule has 1 amide bonds. The van der Waals surface area contributed by atoms with Gasteiger partial charge in [-0.1, -0.05) is 0 Å². The van der Waals surface area contributed by atoms with Gasteiger partial charge in [-0.2, -0.15) is 0 Å². The zero-order valence-corrected chi connectivity index (χ0v) is 10.1. The highest BCUT2D eigenvalue weighted by molar-refractivity contribution is 9.10. The summed E-state index contributed by atoms with van der Waals surface area (Å²) in [6, 6.07) is 5.15. The number of amides is 1. The summed E-state index contributed by atoms with van der Waals surface area (Å²) in [4.78, 5) is 15.8. The Balaban J connectivity index is 1.99. The quantitative estimate of drug-likeness (QED) is 0.878. The maximum absolute atomic E-state index is 11.8. The number of hydrogen-bond acceptors (Lipinski definition) is 4. The lowest BCUT2D eigenvalue weighted by Crippen LogP contribution is -2.30. The first-order valence-electron chi connectivity index (χ1n) is 4.90. The highest BCUT2D eigenvalue weighted by atomic mass is 79.9. The largest absolute Gasteiger partial charge is 0.469 e. The number of anilines is 1. The highest BCUT2D eigenvalue weighted by Crippen LogP contribution is 2.34. The number of ether oxygens (including phenoxy) is 1. The van der Waals surface area contributed by atoms with Gasteiger partial charge >= 0.3 is 0 Å². The van der Waals surface area contributed by atoms with E-state index in [-0.39, 0.29) is 5.91 Å². The SMILES string of the molecule is O=C1Nc2ncc(Br)cc2OC1c1ccco1. The van der Waals surface area contributed by atoms with Crippen molar-refractivity contribution in [1.82, 2.24) is 4.98 Å². The molecule has 6 heteroatoms. The molecule has 0 aromatic carbocycles. The number of pyridine rings is 1. The van der Waals surface area contributed by atoms with Crippen LogP contribution in [0, 0.1) is 0 Å². The minimum Gasteiger partial charge on any atom is -0.469 e. The lowest BCUT2D eigenvalue weighted by atomic mass is 10.2. The van der Waals surface area contributed by atoms with E-state index in [0.29, 0.717) is 17.3 Å². The molecule has 2 aromatic rings. The molecule has 1 aliphatic heterocycles. The molecular weight excluding hydrogens is 288 g/mol. The molecule has 0 fully saturated rings. The molecule has 3 rings (SSSR count). The van der Waals surface area contributed by atoms with Crippen LogP contribution in [0.1, 0.15) is 11.9 Å². The lowest BCUT2D eigenvalue weighted by molar-refractivity contribution is -0.124. The van der Waals surface area contributed by atoms with Gasteiger partial charge in [-0.3, -0.25) is 4.79 Å². The van der Waals surface area contributed by atoms with Gasteiger partial charge < -0.3 is 14.5 Å². The van der Waals surface area contributed by atoms with Crippen LogP contribution in [0.15, 0.2) is 39.5 Å². The molecular formula is C11H7BrN2O3. The Morgan fingerprint density at radius 2 is 2.35 bits per heavy atom. The average molecular weight is 295 g/mol. The van der Waals surface area contributed by atoms with Gasteiger partial charge in [0.05, 0.1) is 6.26 Å². The van der Waals surface area contributed by atoms with E-state index in [2.05, 4.69) is 26.2 Å². The van der Waals surface area contributed by atoms with Gasteiger partial charge in [0.1, 0.15) is 0 Å². The van der Waals surface area contributed by atoms with Gasteiger partial charge in [-0.05, 0) is 34.1 Å². The molecule has 17 heavy (non-hydrogen) atoms. The molecule has 2 aromatic heterocycles. The number of nitrogens with one attached hydrogen (secondary N) is 1. The second-order valence-electron chi connectivity index (χ2n) is 3.50. The second kappa shape index (κ2) is 3.89. The van der Waals surface area contributed by atoms with Gasteiger partial charge in [-0.15, -0.1) is 0 Å². The molecule has 0 aliphatic carbocycles. The van der Waals surface area contributed by atoms with E-state index >= 15 is 0 Å². The van der Waals surface area contributed by atoms with E-state index in [0.717, 1.165) is 4.47 Å². The summed E-state index contributed by atoms with van der Waals surface area (Å²) >= 11 is 3.30. The number of hydrogen-bond donors (Lipinski definition) is 1. The lowest BCUT2D eigenvalue weighted by Gasteiger charge is -2.23. The van der Waals surface area contributed by atoms with Gasteiger partial charge in [0.2, 0.25) is 6.10 Å². The van der Waals surface area contributed by atoms with Crippen molar-refractivity contribution in [2.24, 2.45) is 0 Å². The molecule has 1 aliphatic rings. The summed E-state index contributed by atoms with van der Waals surface area (Å²) in [5.41, 5.74) is 0. The first-order valence-corrected chi connectivity index (χ1v) is 5.70. The van der Waals surface area contributed by atoms with Gasteiger partial charge in [0.25, 0.3) is 5.91 Å². The first kappa shape index (κ1) is 10.3. The minimum absolute atomic E-state index is 0.290. The second-order valence-corrected chi connectivity index (χ2v) is 4.42. The molecule has 0 radical (unpaired) electrons. The van der Waals surface area contributed by atoms with Crippen LogP contribution in [0.2, 0.25) is 0 Å². The number of furan rings is 1. The van der Waals surface area contributed by atoms with E-state index in [9.17, 15) is 4.79 Å². The average Bonchev–Trinajstić information content (AvgIpc) is 2.82. The van der Waals surface area contributed by atoms with Crippen molar-refractivity contribution in [2.75, 3.05) is 5.32 Å². The van der Waals surface area contributed by atoms with Crippen LogP contribution in [-0.2, 0) is 4.79 Å². The van der Waals surface area contributed by atoms with E-state index in [4.69, 9.17) is 9.15 Å². The predicted molar refractivity (Wildman–Crippen MR) is 62.6 cm³/mol. The zero-order valence-electron chi connectivity index (χ0n) is 8.51. The number of halogens is 1. The fourth-order valence-corrected chi connectivity index (χ4v) is 1.91. The molecule has 0 saturated heterocycles. The number of nitrogens with zero attached hydrogens (tertiary/aromatic N) is 1. The van der Waals surface area contributed by atoms with Crippen LogP contribution in [0.4, 0.5) is 5.82 Å². The van der Waals surface area contributed by atoms with E-state index in [1.54, 1.807) is 24.4 Å². The van der Waals surface area contributed by atoms with Crippen molar-refractivity contribution >= 4 is 27.7 Å². The normalized spacial score (nSPS) is 18.2. The van der Waals surface area contributed by atoms with Gasteiger partial charge in [0.15, 0.2) is 17.3 Å². The summed E-state index contributed by atoms with van der Waals surface area (Å²) in [5, 5.41) is 2.67. The van der Waals surface area contributed by atoms with Crippen LogP contribution in [0.5, 0.6) is 5.75 Å². The molecule has 1 unspecified atom stereocenters. The van der Waals surface area contributed by atoms with Crippen LogP contribution in [-0.4, -0.2) is 10.9 Å². The Morgan fingerprint density at radius 1 is 1.47 bits per heavy atom. The van der Waals surface area contributed by atoms with Crippen molar-refractivity contribution < 1.29 is 13.9 Å². The van der Waals surface area contributed by atoms with Crippen LogP contribution >= 0.6 is 15.9 Å². The summed E-state index contributed by atoms with van der Waals surface area (Å²) < 4.78 is 11.5. The third-order valence-corrected chi connectivity index (χ3v) is 2.78. The number of aromatic nitrogens is 1. The summed E-state index contributed by atoms with van der Waals surface area (Å²) in [6.07, 6.45) is 2.32. The van der Waals surface area contributed by atoms with Crippen LogP contribution in [0.25, 0.3) is 0 Å². The van der Waals surface area contributed by atoms with Crippen molar-refractivity contribution in [3.8, 4) is 5.75 Å². The molecule has 0 spiro atoms. The maximum atomic E-state index is 11.8. The fourth-order valence-electron chi connectivity index (χ4n) is 1.59. The van der Waals surface area contributed by atoms with Crippen LogP contribution < -0.4 is 10.1 Å². The molecule has 0 bridgehead atoms.